The minimum Gasteiger partial charge on any atom is -0.320 e. The maximum atomic E-state index is 13.1. The molecule has 1 fully saturated rings. The average Bonchev–Trinajstić information content (AvgIpc) is 3.39. The smallest absolute Gasteiger partial charge is 0.256 e. The predicted molar refractivity (Wildman–Crippen MR) is 92.8 cm³/mol. The molecule has 0 bridgehead atoms. The van der Waals surface area contributed by atoms with Crippen LogP contribution in [0.5, 0.6) is 0 Å². The first-order valence-electron chi connectivity index (χ1n) is 8.74. The van der Waals surface area contributed by atoms with Gasteiger partial charge in [0.1, 0.15) is 0 Å². The van der Waals surface area contributed by atoms with Gasteiger partial charge in [-0.3, -0.25) is 4.79 Å². The van der Waals surface area contributed by atoms with Gasteiger partial charge in [-0.1, -0.05) is 29.8 Å². The zero-order valence-electron chi connectivity index (χ0n) is 13.7. The number of aromatic nitrogens is 1. The number of fused-ring (bicyclic) bond motifs is 1. The maximum absolute atomic E-state index is 13.1. The number of rotatable bonds is 3. The van der Waals surface area contributed by atoms with Crippen molar-refractivity contribution in [2.24, 2.45) is 5.73 Å². The molecule has 2 aromatic rings. The van der Waals surface area contributed by atoms with Crippen LogP contribution in [0.25, 0.3) is 0 Å². The second-order valence-corrected chi connectivity index (χ2v) is 7.07. The van der Waals surface area contributed by atoms with Crippen molar-refractivity contribution < 1.29 is 0 Å². The van der Waals surface area contributed by atoms with E-state index in [2.05, 4.69) is 29.7 Å². The summed E-state index contributed by atoms with van der Waals surface area (Å²) in [5.74, 6) is 0. The molecule has 1 saturated carbocycles. The second-order valence-electron chi connectivity index (χ2n) is 7.07. The molecule has 4 rings (SSSR count). The third kappa shape index (κ3) is 2.63. The van der Waals surface area contributed by atoms with Crippen LogP contribution in [-0.2, 0) is 12.8 Å². The largest absolute Gasteiger partial charge is 0.320 e. The second kappa shape index (κ2) is 5.64. The lowest BCUT2D eigenvalue weighted by Gasteiger charge is -2.24. The molecule has 2 aliphatic carbocycles. The van der Waals surface area contributed by atoms with Crippen LogP contribution in [0, 0.1) is 6.92 Å². The van der Waals surface area contributed by atoms with Crippen molar-refractivity contribution in [2.75, 3.05) is 0 Å². The van der Waals surface area contributed by atoms with Gasteiger partial charge in [-0.2, -0.15) is 0 Å². The normalized spacial score (nSPS) is 18.5. The molecule has 1 aromatic heterocycles. The third-order valence-corrected chi connectivity index (χ3v) is 5.25. The third-order valence-electron chi connectivity index (χ3n) is 5.25. The highest BCUT2D eigenvalue weighted by Crippen LogP contribution is 2.37. The Labute approximate surface area is 137 Å². The van der Waals surface area contributed by atoms with Gasteiger partial charge < -0.3 is 10.3 Å². The summed E-state index contributed by atoms with van der Waals surface area (Å²) in [6.07, 6.45) is 6.81. The molecule has 0 saturated heterocycles. The molecule has 1 atom stereocenters. The minimum absolute atomic E-state index is 0.140. The van der Waals surface area contributed by atoms with Crippen molar-refractivity contribution in [1.82, 2.24) is 4.57 Å². The Kier molecular flexibility index (Phi) is 3.61. The van der Waals surface area contributed by atoms with Gasteiger partial charge >= 0.3 is 0 Å². The van der Waals surface area contributed by atoms with Gasteiger partial charge in [0.15, 0.2) is 0 Å². The van der Waals surface area contributed by atoms with Crippen molar-refractivity contribution in [2.45, 2.75) is 57.5 Å². The number of benzene rings is 1. The first-order chi connectivity index (χ1) is 11.1. The number of nitrogens with zero attached hydrogens (tertiary/aromatic N) is 1. The summed E-state index contributed by atoms with van der Waals surface area (Å²) >= 11 is 0. The lowest BCUT2D eigenvalue weighted by atomic mass is 9.91. The fourth-order valence-electron chi connectivity index (χ4n) is 3.75. The van der Waals surface area contributed by atoms with E-state index in [-0.39, 0.29) is 11.6 Å². The van der Waals surface area contributed by atoms with Gasteiger partial charge in [0, 0.05) is 17.3 Å². The van der Waals surface area contributed by atoms with Crippen LogP contribution < -0.4 is 11.3 Å². The van der Waals surface area contributed by atoms with Gasteiger partial charge in [0.05, 0.1) is 6.04 Å². The van der Waals surface area contributed by atoms with Crippen LogP contribution in [0.15, 0.2) is 35.1 Å². The zero-order chi connectivity index (χ0) is 16.0. The first kappa shape index (κ1) is 14.7. The Balaban J connectivity index is 1.83. The van der Waals surface area contributed by atoms with E-state index < -0.39 is 0 Å². The summed E-state index contributed by atoms with van der Waals surface area (Å²) in [7, 11) is 0. The van der Waals surface area contributed by atoms with Crippen LogP contribution in [0.4, 0.5) is 0 Å². The van der Waals surface area contributed by atoms with Crippen LogP contribution in [0.2, 0.25) is 0 Å². The van der Waals surface area contributed by atoms with Crippen LogP contribution >= 0.6 is 0 Å². The quantitative estimate of drug-likeness (QED) is 0.944. The van der Waals surface area contributed by atoms with E-state index in [1.54, 1.807) is 0 Å². The molecule has 2 N–H and O–H groups in total. The molecule has 1 heterocycles. The molecule has 0 amide bonds. The zero-order valence-corrected chi connectivity index (χ0v) is 13.7. The molecule has 120 valence electrons. The SMILES string of the molecule is Cc1ccc(C(N)c2cc3c(n(C4CC4)c2=O)CCCC3)cc1. The van der Waals surface area contributed by atoms with Gasteiger partial charge in [-0.15, -0.1) is 0 Å². The van der Waals surface area contributed by atoms with Gasteiger partial charge in [-0.05, 0) is 62.6 Å². The highest BCUT2D eigenvalue weighted by Gasteiger charge is 2.30. The Morgan fingerprint density at radius 2 is 1.83 bits per heavy atom. The molecule has 0 spiro atoms. The monoisotopic (exact) mass is 308 g/mol. The average molecular weight is 308 g/mol. The predicted octanol–water partition coefficient (Wildman–Crippen LogP) is 3.42. The molecule has 0 radical (unpaired) electrons. The lowest BCUT2D eigenvalue weighted by Crippen LogP contribution is -2.32. The molecule has 1 aromatic carbocycles. The molecule has 3 heteroatoms. The van der Waals surface area contributed by atoms with Gasteiger partial charge in [-0.25, -0.2) is 0 Å². The summed E-state index contributed by atoms with van der Waals surface area (Å²) in [6.45, 7) is 2.06. The highest BCUT2D eigenvalue weighted by molar-refractivity contribution is 5.37. The number of hydrogen-bond acceptors (Lipinski definition) is 2. The minimum atomic E-state index is -0.333. The summed E-state index contributed by atoms with van der Waals surface area (Å²) in [5.41, 5.74) is 12.2. The summed E-state index contributed by atoms with van der Waals surface area (Å²) in [6, 6.07) is 10.4. The fraction of sp³-hybridized carbons (Fsp3) is 0.450. The molecule has 0 aliphatic heterocycles. The van der Waals surface area contributed by atoms with E-state index >= 15 is 0 Å². The fourth-order valence-corrected chi connectivity index (χ4v) is 3.75. The number of aryl methyl sites for hydroxylation is 2. The van der Waals surface area contributed by atoms with Crippen LogP contribution in [0.3, 0.4) is 0 Å². The van der Waals surface area contributed by atoms with Crippen molar-refractivity contribution in [3.63, 3.8) is 0 Å². The number of pyridine rings is 1. The van der Waals surface area contributed by atoms with E-state index in [1.165, 1.54) is 29.7 Å². The Morgan fingerprint density at radius 1 is 1.13 bits per heavy atom. The van der Waals surface area contributed by atoms with E-state index in [0.29, 0.717) is 6.04 Å². The Bertz CT molecular complexity index is 785. The van der Waals surface area contributed by atoms with E-state index in [4.69, 9.17) is 5.73 Å². The van der Waals surface area contributed by atoms with Gasteiger partial charge in [0.2, 0.25) is 0 Å². The molecule has 1 unspecified atom stereocenters. The van der Waals surface area contributed by atoms with Crippen LogP contribution in [0.1, 0.15) is 65.7 Å². The summed E-state index contributed by atoms with van der Waals surface area (Å²) in [5, 5.41) is 0. The van der Waals surface area contributed by atoms with E-state index in [0.717, 1.165) is 36.8 Å². The highest BCUT2D eigenvalue weighted by atomic mass is 16.1. The van der Waals surface area contributed by atoms with Gasteiger partial charge in [0.25, 0.3) is 5.56 Å². The number of nitrogens with two attached hydrogens (primary N) is 1. The first-order valence-corrected chi connectivity index (χ1v) is 8.74. The Hall–Kier alpha value is -1.87. The van der Waals surface area contributed by atoms with Crippen molar-refractivity contribution in [3.05, 3.63) is 68.6 Å². The van der Waals surface area contributed by atoms with E-state index in [9.17, 15) is 4.79 Å². The van der Waals surface area contributed by atoms with Crippen LogP contribution in [-0.4, -0.2) is 4.57 Å². The van der Waals surface area contributed by atoms with Crippen molar-refractivity contribution in [3.8, 4) is 0 Å². The van der Waals surface area contributed by atoms with E-state index in [1.807, 2.05) is 12.1 Å². The molecule has 2 aliphatic rings. The molecular formula is C20H24N2O. The summed E-state index contributed by atoms with van der Waals surface area (Å²) in [4.78, 5) is 13.1. The molecule has 3 nitrogen and oxygen atoms in total. The molecular weight excluding hydrogens is 284 g/mol. The standard InChI is InChI=1S/C20H24N2O/c1-13-6-8-14(9-7-13)19(21)17-12-15-4-2-3-5-18(15)22(20(17)23)16-10-11-16/h6-9,12,16,19H,2-5,10-11,21H2,1H3. The maximum Gasteiger partial charge on any atom is 0.256 e. The molecule has 23 heavy (non-hydrogen) atoms. The Morgan fingerprint density at radius 3 is 2.52 bits per heavy atom. The summed E-state index contributed by atoms with van der Waals surface area (Å²) < 4.78 is 2.08. The topological polar surface area (TPSA) is 48.0 Å². The van der Waals surface area contributed by atoms with Crippen molar-refractivity contribution >= 4 is 0 Å². The lowest BCUT2D eigenvalue weighted by molar-refractivity contribution is 0.574. The number of hydrogen-bond donors (Lipinski definition) is 1. The van der Waals surface area contributed by atoms with Crippen molar-refractivity contribution in [1.29, 1.82) is 0 Å².